The lowest BCUT2D eigenvalue weighted by Gasteiger charge is -2.23. The molecule has 0 spiro atoms. The van der Waals surface area contributed by atoms with Gasteiger partial charge in [-0.15, -0.1) is 0 Å². The predicted molar refractivity (Wildman–Crippen MR) is 71.5 cm³/mol. The minimum atomic E-state index is -0.250. The third kappa shape index (κ3) is 8.55. The topological polar surface area (TPSA) is 56.5 Å². The van der Waals surface area contributed by atoms with Gasteiger partial charge in [0.25, 0.3) is 0 Å². The minimum Gasteiger partial charge on any atom is -0.354 e. The van der Waals surface area contributed by atoms with Gasteiger partial charge in [0, 0.05) is 14.2 Å². The van der Waals surface area contributed by atoms with Gasteiger partial charge in [-0.1, -0.05) is 51.9 Å². The van der Waals surface area contributed by atoms with Crippen LogP contribution in [0.1, 0.15) is 58.3 Å². The van der Waals surface area contributed by atoms with E-state index in [9.17, 15) is 0 Å². The van der Waals surface area contributed by atoms with E-state index in [-0.39, 0.29) is 12.3 Å². The molecule has 0 saturated carbocycles. The number of nitrogens with two attached hydrogens (primary N) is 1. The van der Waals surface area contributed by atoms with E-state index >= 15 is 0 Å². The van der Waals surface area contributed by atoms with Crippen molar-refractivity contribution in [3.05, 3.63) is 0 Å². The minimum absolute atomic E-state index is 0.0839. The van der Waals surface area contributed by atoms with Crippen LogP contribution in [0.5, 0.6) is 0 Å². The Morgan fingerprint density at radius 2 is 1.47 bits per heavy atom. The van der Waals surface area contributed by atoms with Crippen LogP contribution in [0.3, 0.4) is 0 Å². The van der Waals surface area contributed by atoms with E-state index in [1.54, 1.807) is 14.2 Å². The van der Waals surface area contributed by atoms with Crippen LogP contribution in [0.15, 0.2) is 0 Å². The number of rotatable bonds is 12. The van der Waals surface area contributed by atoms with Crippen LogP contribution in [0, 0.1) is 0 Å². The third-order valence-electron chi connectivity index (χ3n) is 3.13. The molecule has 4 nitrogen and oxygen atoms in total. The van der Waals surface area contributed by atoms with E-state index in [1.165, 1.54) is 44.9 Å². The molecular formula is C13H30N2O2. The maximum atomic E-state index is 5.50. The molecule has 17 heavy (non-hydrogen) atoms. The Hall–Kier alpha value is -0.160. The lowest BCUT2D eigenvalue weighted by atomic mass is 10.1. The number of unbranched alkanes of at least 4 members (excludes halogenated alkanes) is 6. The predicted octanol–water partition coefficient (Wildman–Crippen LogP) is 2.58. The summed E-state index contributed by atoms with van der Waals surface area (Å²) in [6.07, 6.45) is 9.90. The summed E-state index contributed by atoms with van der Waals surface area (Å²) in [7, 11) is 3.28. The Bertz CT molecular complexity index is 152. The maximum Gasteiger partial charge on any atom is 0.173 e. The molecule has 0 saturated heterocycles. The average molecular weight is 246 g/mol. The first-order valence-electron chi connectivity index (χ1n) is 6.81. The number of hydrogen-bond donors (Lipinski definition) is 2. The van der Waals surface area contributed by atoms with Crippen LogP contribution < -0.4 is 11.3 Å². The van der Waals surface area contributed by atoms with Gasteiger partial charge in [-0.3, -0.25) is 11.3 Å². The lowest BCUT2D eigenvalue weighted by Crippen LogP contribution is -2.45. The SMILES string of the molecule is CCCCCCCCCC(NN)C(OC)OC. The summed E-state index contributed by atoms with van der Waals surface area (Å²) in [6, 6.07) is 0.0839. The fraction of sp³-hybridized carbons (Fsp3) is 1.00. The summed E-state index contributed by atoms with van der Waals surface area (Å²) >= 11 is 0. The zero-order valence-electron chi connectivity index (χ0n) is 11.7. The van der Waals surface area contributed by atoms with Crippen molar-refractivity contribution in [2.75, 3.05) is 14.2 Å². The summed E-state index contributed by atoms with van der Waals surface area (Å²) in [5, 5.41) is 0. The molecule has 1 atom stereocenters. The van der Waals surface area contributed by atoms with Gasteiger partial charge >= 0.3 is 0 Å². The molecule has 0 rings (SSSR count). The second-order valence-corrected chi connectivity index (χ2v) is 4.52. The first-order chi connectivity index (χ1) is 8.29. The van der Waals surface area contributed by atoms with Crippen molar-refractivity contribution in [3.8, 4) is 0 Å². The number of hydrogen-bond acceptors (Lipinski definition) is 4. The second-order valence-electron chi connectivity index (χ2n) is 4.52. The highest BCUT2D eigenvalue weighted by molar-refractivity contribution is 4.67. The summed E-state index contributed by atoms with van der Waals surface area (Å²) in [5.74, 6) is 5.50. The van der Waals surface area contributed by atoms with E-state index in [0.717, 1.165) is 6.42 Å². The first-order valence-corrected chi connectivity index (χ1v) is 6.81. The molecule has 0 aromatic rings. The molecule has 0 aliphatic rings. The zero-order valence-corrected chi connectivity index (χ0v) is 11.7. The molecule has 1 unspecified atom stereocenters. The summed E-state index contributed by atoms with van der Waals surface area (Å²) in [4.78, 5) is 0. The molecule has 0 aromatic carbocycles. The van der Waals surface area contributed by atoms with Gasteiger partial charge in [-0.25, -0.2) is 0 Å². The van der Waals surface area contributed by atoms with Gasteiger partial charge in [0.2, 0.25) is 0 Å². The third-order valence-corrected chi connectivity index (χ3v) is 3.13. The van der Waals surface area contributed by atoms with Crippen molar-refractivity contribution < 1.29 is 9.47 Å². The van der Waals surface area contributed by atoms with Gasteiger partial charge < -0.3 is 9.47 Å². The zero-order chi connectivity index (χ0) is 12.9. The monoisotopic (exact) mass is 246 g/mol. The van der Waals surface area contributed by atoms with Gasteiger partial charge in [-0.2, -0.15) is 0 Å². The van der Waals surface area contributed by atoms with Gasteiger partial charge in [0.15, 0.2) is 6.29 Å². The molecule has 0 aliphatic heterocycles. The van der Waals surface area contributed by atoms with Crippen LogP contribution >= 0.6 is 0 Å². The smallest absolute Gasteiger partial charge is 0.173 e. The fourth-order valence-corrected chi connectivity index (χ4v) is 2.04. The lowest BCUT2D eigenvalue weighted by molar-refractivity contribution is -0.124. The highest BCUT2D eigenvalue weighted by Gasteiger charge is 2.18. The Morgan fingerprint density at radius 3 is 1.94 bits per heavy atom. The van der Waals surface area contributed by atoms with E-state index in [4.69, 9.17) is 15.3 Å². The quantitative estimate of drug-likeness (QED) is 0.240. The highest BCUT2D eigenvalue weighted by atomic mass is 16.7. The molecular weight excluding hydrogens is 216 g/mol. The Balaban J connectivity index is 3.49. The molecule has 0 aromatic heterocycles. The van der Waals surface area contributed by atoms with Crippen molar-refractivity contribution >= 4 is 0 Å². The van der Waals surface area contributed by atoms with Crippen LogP contribution in [0.4, 0.5) is 0 Å². The molecule has 3 N–H and O–H groups in total. The van der Waals surface area contributed by atoms with E-state index in [1.807, 2.05) is 0 Å². The summed E-state index contributed by atoms with van der Waals surface area (Å²) in [5.41, 5.74) is 2.77. The van der Waals surface area contributed by atoms with Crippen molar-refractivity contribution in [1.82, 2.24) is 5.43 Å². The van der Waals surface area contributed by atoms with Crippen LogP contribution in [-0.2, 0) is 9.47 Å². The summed E-state index contributed by atoms with van der Waals surface area (Å²) in [6.45, 7) is 2.24. The van der Waals surface area contributed by atoms with Crippen molar-refractivity contribution in [2.45, 2.75) is 70.6 Å². The van der Waals surface area contributed by atoms with Gasteiger partial charge in [0.1, 0.15) is 0 Å². The molecule has 4 heteroatoms. The Kier molecular flexibility index (Phi) is 12.2. The molecule has 104 valence electrons. The Labute approximate surface area is 106 Å². The van der Waals surface area contributed by atoms with Crippen molar-refractivity contribution in [1.29, 1.82) is 0 Å². The largest absolute Gasteiger partial charge is 0.354 e. The standard InChI is InChI=1S/C13H30N2O2/c1-4-5-6-7-8-9-10-11-12(15-14)13(16-2)17-3/h12-13,15H,4-11,14H2,1-3H3. The van der Waals surface area contributed by atoms with Crippen LogP contribution in [0.25, 0.3) is 0 Å². The number of hydrazine groups is 1. The van der Waals surface area contributed by atoms with Crippen LogP contribution in [0.2, 0.25) is 0 Å². The second kappa shape index (κ2) is 12.3. The van der Waals surface area contributed by atoms with Crippen molar-refractivity contribution in [3.63, 3.8) is 0 Å². The number of nitrogens with one attached hydrogen (secondary N) is 1. The molecule has 0 bridgehead atoms. The average Bonchev–Trinajstić information content (AvgIpc) is 2.36. The Morgan fingerprint density at radius 1 is 0.941 bits per heavy atom. The summed E-state index contributed by atoms with van der Waals surface area (Å²) < 4.78 is 10.4. The van der Waals surface area contributed by atoms with Crippen molar-refractivity contribution in [2.24, 2.45) is 5.84 Å². The first kappa shape index (κ1) is 16.8. The molecule has 0 aliphatic carbocycles. The molecule has 0 radical (unpaired) electrons. The number of ether oxygens (including phenoxy) is 2. The van der Waals surface area contributed by atoms with Gasteiger partial charge in [-0.05, 0) is 6.42 Å². The number of methoxy groups -OCH3 is 2. The molecule has 0 amide bonds. The van der Waals surface area contributed by atoms with E-state index in [2.05, 4.69) is 12.3 Å². The van der Waals surface area contributed by atoms with Crippen LogP contribution in [-0.4, -0.2) is 26.6 Å². The normalized spacial score (nSPS) is 13.2. The molecule has 0 fully saturated rings. The highest BCUT2D eigenvalue weighted by Crippen LogP contribution is 2.12. The molecule has 0 heterocycles. The maximum absolute atomic E-state index is 5.50. The van der Waals surface area contributed by atoms with Gasteiger partial charge in [0.05, 0.1) is 6.04 Å². The van der Waals surface area contributed by atoms with E-state index < -0.39 is 0 Å². The van der Waals surface area contributed by atoms with E-state index in [0.29, 0.717) is 0 Å². The fourth-order valence-electron chi connectivity index (χ4n) is 2.04.